The molecule has 142 valence electrons. The van der Waals surface area contributed by atoms with Crippen LogP contribution >= 0.6 is 0 Å². The molecule has 0 fully saturated rings. The van der Waals surface area contributed by atoms with Crippen molar-refractivity contribution < 1.29 is 9.32 Å². The summed E-state index contributed by atoms with van der Waals surface area (Å²) in [6.07, 6.45) is 6.51. The summed E-state index contributed by atoms with van der Waals surface area (Å²) in [7, 11) is 0. The molecule has 1 N–H and O–H groups in total. The first kappa shape index (κ1) is 17.9. The molecule has 1 amide bonds. The highest BCUT2D eigenvalue weighted by atomic mass is 16.5. The molecule has 0 saturated heterocycles. The van der Waals surface area contributed by atoms with Crippen molar-refractivity contribution in [3.63, 3.8) is 0 Å². The average molecular weight is 375 g/mol. The van der Waals surface area contributed by atoms with Gasteiger partial charge in [-0.15, -0.1) is 0 Å². The van der Waals surface area contributed by atoms with E-state index in [1.165, 1.54) is 0 Å². The van der Waals surface area contributed by atoms with E-state index in [0.717, 1.165) is 39.5 Å². The monoisotopic (exact) mass is 375 g/mol. The summed E-state index contributed by atoms with van der Waals surface area (Å²) in [4.78, 5) is 21.3. The Morgan fingerprint density at radius 3 is 2.86 bits per heavy atom. The Hall–Kier alpha value is -3.48. The van der Waals surface area contributed by atoms with Gasteiger partial charge >= 0.3 is 0 Å². The van der Waals surface area contributed by atoms with Gasteiger partial charge in [-0.1, -0.05) is 17.3 Å². The fourth-order valence-electron chi connectivity index (χ4n) is 3.20. The van der Waals surface area contributed by atoms with Crippen molar-refractivity contribution in [3.05, 3.63) is 65.4 Å². The molecule has 0 bridgehead atoms. The van der Waals surface area contributed by atoms with E-state index in [1.807, 2.05) is 61.8 Å². The second kappa shape index (κ2) is 7.26. The zero-order chi connectivity index (χ0) is 19.7. The highest BCUT2D eigenvalue weighted by Gasteiger charge is 2.13. The maximum absolute atomic E-state index is 12.5. The van der Waals surface area contributed by atoms with Gasteiger partial charge in [-0.3, -0.25) is 9.20 Å². The van der Waals surface area contributed by atoms with Gasteiger partial charge in [-0.05, 0) is 44.9 Å². The minimum Gasteiger partial charge on any atom is -0.361 e. The van der Waals surface area contributed by atoms with E-state index in [0.29, 0.717) is 18.6 Å². The van der Waals surface area contributed by atoms with Gasteiger partial charge in [0.2, 0.25) is 11.7 Å². The number of nitrogens with one attached hydrogen (secondary N) is 1. The molecule has 1 aromatic carbocycles. The molecule has 0 unspecified atom stereocenters. The van der Waals surface area contributed by atoms with Crippen LogP contribution in [0.1, 0.15) is 29.0 Å². The summed E-state index contributed by atoms with van der Waals surface area (Å²) < 4.78 is 7.03. The number of fused-ring (bicyclic) bond motifs is 1. The smallest absolute Gasteiger partial charge is 0.234 e. The van der Waals surface area contributed by atoms with Gasteiger partial charge in [0.15, 0.2) is 0 Å². The maximum Gasteiger partial charge on any atom is 0.234 e. The summed E-state index contributed by atoms with van der Waals surface area (Å²) in [5.41, 5.74) is 5.35. The largest absolute Gasteiger partial charge is 0.361 e. The molecule has 4 aromatic rings. The lowest BCUT2D eigenvalue weighted by molar-refractivity contribution is -0.116. The Balaban J connectivity index is 1.51. The Morgan fingerprint density at radius 1 is 1.25 bits per heavy atom. The minimum absolute atomic E-state index is 0.0445. The molecule has 4 rings (SSSR count). The lowest BCUT2D eigenvalue weighted by atomic mass is 10.1. The summed E-state index contributed by atoms with van der Waals surface area (Å²) >= 11 is 0. The number of imidazole rings is 1. The van der Waals surface area contributed by atoms with Gasteiger partial charge in [-0.25, -0.2) is 9.97 Å². The van der Waals surface area contributed by atoms with Crippen LogP contribution in [0, 0.1) is 20.8 Å². The van der Waals surface area contributed by atoms with Crippen molar-refractivity contribution in [3.8, 4) is 11.3 Å². The first-order chi connectivity index (χ1) is 13.5. The standard InChI is InChI=1S/C21H21N5O2/c1-13-5-6-16(19-12-26-10-4-9-22-21(26)24-19)11-18(13)23-20(27)8-7-17-14(2)25-28-15(17)3/h4-6,9-12H,7-8H2,1-3H3,(H,23,27). The number of carbonyl (C=O) groups is 1. The number of aryl methyl sites for hydroxylation is 3. The fourth-order valence-corrected chi connectivity index (χ4v) is 3.20. The zero-order valence-electron chi connectivity index (χ0n) is 16.1. The third-order valence-corrected chi connectivity index (χ3v) is 4.83. The Kier molecular flexibility index (Phi) is 4.65. The predicted molar refractivity (Wildman–Crippen MR) is 106 cm³/mol. The van der Waals surface area contributed by atoms with Crippen molar-refractivity contribution in [1.82, 2.24) is 19.5 Å². The Bertz CT molecular complexity index is 1110. The van der Waals surface area contributed by atoms with Crippen LogP contribution in [0.3, 0.4) is 0 Å². The lowest BCUT2D eigenvalue weighted by Gasteiger charge is -2.10. The van der Waals surface area contributed by atoms with E-state index in [2.05, 4.69) is 20.4 Å². The molecule has 0 atom stereocenters. The van der Waals surface area contributed by atoms with Gasteiger partial charge in [-0.2, -0.15) is 0 Å². The van der Waals surface area contributed by atoms with Crippen LogP contribution in [0.15, 0.2) is 47.4 Å². The number of anilines is 1. The van der Waals surface area contributed by atoms with Crippen LogP contribution in [0.2, 0.25) is 0 Å². The second-order valence-corrected chi connectivity index (χ2v) is 6.83. The molecule has 7 heteroatoms. The average Bonchev–Trinajstić information content (AvgIpc) is 3.25. The SMILES string of the molecule is Cc1ccc(-c2cn3cccnc3n2)cc1NC(=O)CCc1c(C)noc1C. The summed E-state index contributed by atoms with van der Waals surface area (Å²) in [5.74, 6) is 1.36. The molecule has 3 heterocycles. The summed E-state index contributed by atoms with van der Waals surface area (Å²) in [5, 5.41) is 6.95. The van der Waals surface area contributed by atoms with Gasteiger partial charge in [0.05, 0.1) is 11.4 Å². The predicted octanol–water partition coefficient (Wildman–Crippen LogP) is 3.88. The van der Waals surface area contributed by atoms with Gasteiger partial charge < -0.3 is 9.84 Å². The molecule has 0 radical (unpaired) electrons. The number of hydrogen-bond donors (Lipinski definition) is 1. The van der Waals surface area contributed by atoms with Crippen LogP contribution in [-0.2, 0) is 11.2 Å². The quantitative estimate of drug-likeness (QED) is 0.572. The van der Waals surface area contributed by atoms with Crippen molar-refractivity contribution in [2.24, 2.45) is 0 Å². The molecule has 7 nitrogen and oxygen atoms in total. The second-order valence-electron chi connectivity index (χ2n) is 6.83. The molecule has 3 aromatic heterocycles. The molecule has 0 saturated carbocycles. The number of carbonyl (C=O) groups excluding carboxylic acids is 1. The number of rotatable bonds is 5. The summed E-state index contributed by atoms with van der Waals surface area (Å²) in [6.45, 7) is 5.73. The highest BCUT2D eigenvalue weighted by Crippen LogP contribution is 2.25. The van der Waals surface area contributed by atoms with Crippen molar-refractivity contribution >= 4 is 17.4 Å². The zero-order valence-corrected chi connectivity index (χ0v) is 16.1. The topological polar surface area (TPSA) is 85.3 Å². The first-order valence-electron chi connectivity index (χ1n) is 9.13. The Labute approximate surface area is 162 Å². The van der Waals surface area contributed by atoms with Crippen molar-refractivity contribution in [1.29, 1.82) is 0 Å². The number of hydrogen-bond acceptors (Lipinski definition) is 5. The van der Waals surface area contributed by atoms with E-state index in [1.54, 1.807) is 6.20 Å². The molecule has 0 aliphatic rings. The Morgan fingerprint density at radius 2 is 2.11 bits per heavy atom. The molecular weight excluding hydrogens is 354 g/mol. The molecule has 0 spiro atoms. The van der Waals surface area contributed by atoms with Gasteiger partial charge in [0, 0.05) is 41.8 Å². The molecular formula is C21H21N5O2. The first-order valence-corrected chi connectivity index (χ1v) is 9.13. The van der Waals surface area contributed by atoms with Crippen LogP contribution in [0.5, 0.6) is 0 Å². The van der Waals surface area contributed by atoms with Crippen LogP contribution in [0.25, 0.3) is 17.0 Å². The molecule has 0 aliphatic carbocycles. The van der Waals surface area contributed by atoms with Crippen LogP contribution in [0.4, 0.5) is 5.69 Å². The van der Waals surface area contributed by atoms with Crippen molar-refractivity contribution in [2.45, 2.75) is 33.6 Å². The van der Waals surface area contributed by atoms with Crippen LogP contribution in [-0.4, -0.2) is 25.4 Å². The van der Waals surface area contributed by atoms with E-state index in [-0.39, 0.29) is 5.91 Å². The third-order valence-electron chi connectivity index (χ3n) is 4.83. The highest BCUT2D eigenvalue weighted by molar-refractivity contribution is 5.92. The third kappa shape index (κ3) is 3.51. The lowest BCUT2D eigenvalue weighted by Crippen LogP contribution is -2.13. The molecule has 28 heavy (non-hydrogen) atoms. The van der Waals surface area contributed by atoms with Gasteiger partial charge in [0.1, 0.15) is 5.76 Å². The normalized spacial score (nSPS) is 11.1. The molecule has 0 aliphatic heterocycles. The van der Waals surface area contributed by atoms with E-state index >= 15 is 0 Å². The van der Waals surface area contributed by atoms with Crippen LogP contribution < -0.4 is 5.32 Å². The maximum atomic E-state index is 12.5. The number of aromatic nitrogens is 4. The van der Waals surface area contributed by atoms with Crippen molar-refractivity contribution in [2.75, 3.05) is 5.32 Å². The number of amides is 1. The number of benzene rings is 1. The van der Waals surface area contributed by atoms with Gasteiger partial charge in [0.25, 0.3) is 0 Å². The minimum atomic E-state index is -0.0445. The number of nitrogens with zero attached hydrogens (tertiary/aromatic N) is 4. The summed E-state index contributed by atoms with van der Waals surface area (Å²) in [6, 6.07) is 7.79. The van der Waals surface area contributed by atoms with E-state index in [9.17, 15) is 4.79 Å². The van der Waals surface area contributed by atoms with E-state index in [4.69, 9.17) is 4.52 Å². The van der Waals surface area contributed by atoms with E-state index < -0.39 is 0 Å². The fraction of sp³-hybridized carbons (Fsp3) is 0.238.